The third-order valence-electron chi connectivity index (χ3n) is 6.00. The smallest absolute Gasteiger partial charge is 0.301 e. The Morgan fingerprint density at radius 3 is 2.53 bits per heavy atom. The van der Waals surface area contributed by atoms with Crippen molar-refractivity contribution in [2.75, 3.05) is 12.0 Å². The number of aliphatic hydroxyl groups excluding tert-OH is 1. The average molecular weight is 547 g/mol. The Balaban J connectivity index is 1.56. The first-order valence-corrected chi connectivity index (χ1v) is 13.3. The Morgan fingerprint density at radius 2 is 1.82 bits per heavy atom. The van der Waals surface area contributed by atoms with Gasteiger partial charge in [-0.1, -0.05) is 59.0 Å². The number of aryl methyl sites for hydroxylation is 1. The number of aromatic nitrogens is 3. The van der Waals surface area contributed by atoms with Gasteiger partial charge in [-0.05, 0) is 42.3 Å². The highest BCUT2D eigenvalue weighted by atomic mass is 32.2. The highest BCUT2D eigenvalue weighted by molar-refractivity contribution is 8.00. The lowest BCUT2D eigenvalue weighted by Gasteiger charge is -2.23. The zero-order valence-corrected chi connectivity index (χ0v) is 22.0. The number of ketones is 1. The van der Waals surface area contributed by atoms with Crippen LogP contribution in [0.2, 0.25) is 0 Å². The number of Topliss-reactive ketones (excluding diaryl/α,β-unsaturated/α-hetero) is 1. The van der Waals surface area contributed by atoms with E-state index in [1.807, 2.05) is 31.2 Å². The Labute approximate surface area is 226 Å². The number of thioether (sulfide) groups is 1. The quantitative estimate of drug-likeness (QED) is 0.110. The van der Waals surface area contributed by atoms with Crippen molar-refractivity contribution in [1.82, 2.24) is 15.2 Å². The lowest BCUT2D eigenvalue weighted by molar-refractivity contribution is -0.132. The first kappa shape index (κ1) is 25.4. The topological polar surface area (TPSA) is 126 Å². The van der Waals surface area contributed by atoms with Crippen molar-refractivity contribution < 1.29 is 24.5 Å². The number of anilines is 1. The summed E-state index contributed by atoms with van der Waals surface area (Å²) in [5, 5.41) is 29.9. The molecule has 1 saturated heterocycles. The van der Waals surface area contributed by atoms with E-state index in [0.717, 1.165) is 5.56 Å². The third-order valence-corrected chi connectivity index (χ3v) is 8.13. The van der Waals surface area contributed by atoms with Crippen LogP contribution in [0.1, 0.15) is 28.3 Å². The van der Waals surface area contributed by atoms with Gasteiger partial charge in [0.25, 0.3) is 5.78 Å². The molecule has 0 aliphatic carbocycles. The van der Waals surface area contributed by atoms with Crippen molar-refractivity contribution in [1.29, 1.82) is 0 Å². The number of carbonyl (C=O) groups excluding carboxylic acids is 2. The molecule has 1 aliphatic rings. The van der Waals surface area contributed by atoms with Gasteiger partial charge in [0, 0.05) is 23.7 Å². The van der Waals surface area contributed by atoms with Crippen LogP contribution in [0.3, 0.4) is 0 Å². The monoisotopic (exact) mass is 546 g/mol. The Morgan fingerprint density at radius 1 is 1.08 bits per heavy atom. The zero-order chi connectivity index (χ0) is 26.8. The highest BCUT2D eigenvalue weighted by Crippen LogP contribution is 2.45. The van der Waals surface area contributed by atoms with E-state index in [0.29, 0.717) is 21.2 Å². The summed E-state index contributed by atoms with van der Waals surface area (Å²) < 4.78 is 5.88. The number of benzene rings is 2. The molecule has 2 aromatic carbocycles. The second-order valence-electron chi connectivity index (χ2n) is 8.46. The number of carbonyl (C=O) groups is 2. The number of aromatic hydroxyl groups is 1. The molecule has 1 aliphatic heterocycles. The van der Waals surface area contributed by atoms with Crippen molar-refractivity contribution in [3.63, 3.8) is 0 Å². The number of pyridine rings is 1. The van der Waals surface area contributed by atoms with Crippen molar-refractivity contribution in [3.8, 4) is 11.5 Å². The molecule has 1 fully saturated rings. The van der Waals surface area contributed by atoms with E-state index in [1.54, 1.807) is 18.2 Å². The first-order valence-electron chi connectivity index (χ1n) is 11.5. The minimum absolute atomic E-state index is 0.104. The van der Waals surface area contributed by atoms with Crippen LogP contribution in [-0.2, 0) is 15.3 Å². The Bertz CT molecular complexity index is 1540. The summed E-state index contributed by atoms with van der Waals surface area (Å²) in [7, 11) is 1.40. The summed E-state index contributed by atoms with van der Waals surface area (Å²) in [5.74, 6) is -1.33. The second kappa shape index (κ2) is 10.6. The van der Waals surface area contributed by atoms with Crippen molar-refractivity contribution >= 4 is 45.7 Å². The number of aliphatic hydroxyl groups is 1. The predicted octanol–water partition coefficient (Wildman–Crippen LogP) is 4.87. The van der Waals surface area contributed by atoms with Crippen LogP contribution in [0.5, 0.6) is 11.5 Å². The van der Waals surface area contributed by atoms with Crippen molar-refractivity contribution in [3.05, 3.63) is 94.8 Å². The van der Waals surface area contributed by atoms with Gasteiger partial charge in [0.05, 0.1) is 18.7 Å². The van der Waals surface area contributed by atoms with E-state index < -0.39 is 17.7 Å². The molecule has 5 rings (SSSR count). The maximum atomic E-state index is 13.3. The lowest BCUT2D eigenvalue weighted by Crippen LogP contribution is -2.29. The molecule has 1 atom stereocenters. The highest BCUT2D eigenvalue weighted by Gasteiger charge is 2.48. The molecule has 192 valence electrons. The summed E-state index contributed by atoms with van der Waals surface area (Å²) in [6.07, 6.45) is 2.96. The SMILES string of the molecule is COc1cc(C2/C(=C(\O)c3ccncc3)C(=O)C(=O)N2c2nnc(SCc3ccc(C)cc3)s2)ccc1O. The van der Waals surface area contributed by atoms with Crippen LogP contribution >= 0.6 is 23.1 Å². The molecule has 3 heterocycles. The van der Waals surface area contributed by atoms with Gasteiger partial charge < -0.3 is 14.9 Å². The minimum Gasteiger partial charge on any atom is -0.507 e. The third kappa shape index (κ3) is 4.85. The summed E-state index contributed by atoms with van der Waals surface area (Å²) in [6.45, 7) is 2.03. The van der Waals surface area contributed by atoms with Crippen LogP contribution in [0, 0.1) is 6.92 Å². The van der Waals surface area contributed by atoms with Gasteiger partial charge in [-0.25, -0.2) is 0 Å². The minimum atomic E-state index is -1.03. The van der Waals surface area contributed by atoms with E-state index in [9.17, 15) is 19.8 Å². The largest absolute Gasteiger partial charge is 0.507 e. The number of nitrogens with zero attached hydrogens (tertiary/aromatic N) is 4. The van der Waals surface area contributed by atoms with E-state index in [-0.39, 0.29) is 28.0 Å². The number of phenolic OH excluding ortho intramolecular Hbond substituents is 1. The molecule has 0 radical (unpaired) electrons. The molecule has 0 saturated carbocycles. The number of methoxy groups -OCH3 is 1. The molecule has 0 spiro atoms. The standard InChI is InChI=1S/C27H22N4O5S2/c1-15-3-5-16(6-4-15)14-37-27-30-29-26(38-27)31-22(18-7-8-19(32)20(13-18)36-2)21(24(34)25(31)35)23(33)17-9-11-28-12-10-17/h3-13,22,32-33H,14H2,1-2H3/b23-21+. The molecule has 1 unspecified atom stereocenters. The molecule has 11 heteroatoms. The van der Waals surface area contributed by atoms with E-state index in [4.69, 9.17) is 4.74 Å². The number of amides is 1. The van der Waals surface area contributed by atoms with Crippen LogP contribution < -0.4 is 9.64 Å². The number of ether oxygens (including phenoxy) is 1. The van der Waals surface area contributed by atoms with Crippen molar-refractivity contribution in [2.45, 2.75) is 23.1 Å². The molecule has 2 aromatic heterocycles. The summed E-state index contributed by atoms with van der Waals surface area (Å²) in [5.41, 5.74) is 2.95. The summed E-state index contributed by atoms with van der Waals surface area (Å²) in [4.78, 5) is 31.8. The van der Waals surface area contributed by atoms with Gasteiger partial charge in [-0.2, -0.15) is 0 Å². The Hall–Kier alpha value is -4.22. The van der Waals surface area contributed by atoms with Gasteiger partial charge in [-0.3, -0.25) is 19.5 Å². The summed E-state index contributed by atoms with van der Waals surface area (Å²) >= 11 is 2.65. The maximum Gasteiger partial charge on any atom is 0.301 e. The molecule has 38 heavy (non-hydrogen) atoms. The van der Waals surface area contributed by atoms with E-state index in [1.165, 1.54) is 65.2 Å². The average Bonchev–Trinajstić information content (AvgIpc) is 3.50. The maximum absolute atomic E-state index is 13.3. The fraction of sp³-hybridized carbons (Fsp3) is 0.148. The lowest BCUT2D eigenvalue weighted by atomic mass is 9.95. The molecule has 2 N–H and O–H groups in total. The number of phenols is 1. The van der Waals surface area contributed by atoms with Crippen molar-refractivity contribution in [2.24, 2.45) is 0 Å². The fourth-order valence-corrected chi connectivity index (χ4v) is 5.89. The van der Waals surface area contributed by atoms with Gasteiger partial charge in [0.1, 0.15) is 5.76 Å². The van der Waals surface area contributed by atoms with Crippen LogP contribution in [0.25, 0.3) is 5.76 Å². The number of hydrogen-bond acceptors (Lipinski definition) is 10. The number of hydrogen-bond donors (Lipinski definition) is 2. The van der Waals surface area contributed by atoms with E-state index in [2.05, 4.69) is 15.2 Å². The Kier molecular flexibility index (Phi) is 7.12. The number of rotatable bonds is 7. The van der Waals surface area contributed by atoms with Crippen LogP contribution in [-0.4, -0.2) is 44.2 Å². The fourth-order valence-electron chi connectivity index (χ4n) is 4.06. The normalized spacial score (nSPS) is 16.7. The van der Waals surface area contributed by atoms with Gasteiger partial charge in [-0.15, -0.1) is 10.2 Å². The molecule has 0 bridgehead atoms. The molecule has 1 amide bonds. The zero-order valence-electron chi connectivity index (χ0n) is 20.4. The molecule has 4 aromatic rings. The molecular weight excluding hydrogens is 524 g/mol. The van der Waals surface area contributed by atoms with Gasteiger partial charge >= 0.3 is 5.91 Å². The predicted molar refractivity (Wildman–Crippen MR) is 144 cm³/mol. The van der Waals surface area contributed by atoms with Gasteiger partial charge in [0.15, 0.2) is 15.8 Å². The van der Waals surface area contributed by atoms with Crippen LogP contribution in [0.4, 0.5) is 5.13 Å². The van der Waals surface area contributed by atoms with E-state index >= 15 is 0 Å². The van der Waals surface area contributed by atoms with Gasteiger partial charge in [0.2, 0.25) is 5.13 Å². The summed E-state index contributed by atoms with van der Waals surface area (Å²) in [6, 6.07) is 14.7. The second-order valence-corrected chi connectivity index (χ2v) is 10.6. The van der Waals surface area contributed by atoms with Crippen LogP contribution in [0.15, 0.2) is 76.9 Å². The molecular formula is C27H22N4O5S2. The first-order chi connectivity index (χ1) is 18.4. The molecule has 9 nitrogen and oxygen atoms in total.